The zero-order valence-corrected chi connectivity index (χ0v) is 10.2. The molecule has 0 aromatic rings. The lowest BCUT2D eigenvalue weighted by atomic mass is 10.2. The summed E-state index contributed by atoms with van der Waals surface area (Å²) in [7, 11) is 1.69. The zero-order chi connectivity index (χ0) is 12.1. The highest BCUT2D eigenvalue weighted by atomic mass is 16.5. The van der Waals surface area contributed by atoms with Gasteiger partial charge in [-0.2, -0.15) is 5.26 Å². The number of rotatable bonds is 4. The molecule has 0 rings (SSSR count). The van der Waals surface area contributed by atoms with E-state index in [0.717, 1.165) is 0 Å². The fourth-order valence-corrected chi connectivity index (χ4v) is 0.895. The largest absolute Gasteiger partial charge is 0.366 e. The second kappa shape index (κ2) is 5.72. The van der Waals surface area contributed by atoms with Crippen molar-refractivity contribution in [1.29, 1.82) is 5.26 Å². The average molecular weight is 212 g/mol. The van der Waals surface area contributed by atoms with Gasteiger partial charge in [0.05, 0.1) is 18.1 Å². The minimum absolute atomic E-state index is 0.0638. The fourth-order valence-electron chi connectivity index (χ4n) is 0.895. The molecule has 0 aliphatic rings. The number of hydrogen-bond donors (Lipinski definition) is 0. The maximum absolute atomic E-state index is 11.6. The Bertz CT molecular complexity index is 250. The van der Waals surface area contributed by atoms with Crippen molar-refractivity contribution in [2.24, 2.45) is 0 Å². The van der Waals surface area contributed by atoms with Gasteiger partial charge in [-0.25, -0.2) is 0 Å². The lowest BCUT2D eigenvalue weighted by molar-refractivity contribution is -0.141. The molecule has 86 valence electrons. The van der Waals surface area contributed by atoms with Gasteiger partial charge >= 0.3 is 0 Å². The van der Waals surface area contributed by atoms with Crippen LogP contribution in [0.3, 0.4) is 0 Å². The third-order valence-electron chi connectivity index (χ3n) is 2.07. The summed E-state index contributed by atoms with van der Waals surface area (Å²) in [5.74, 6) is -0.0901. The van der Waals surface area contributed by atoms with Crippen molar-refractivity contribution in [1.82, 2.24) is 4.90 Å². The summed E-state index contributed by atoms with van der Waals surface area (Å²) in [6.07, 6.45) is 0.345. The molecular formula is C11H20N2O2. The molecule has 0 radical (unpaired) electrons. The third kappa shape index (κ3) is 6.08. The van der Waals surface area contributed by atoms with Crippen LogP contribution in [0.5, 0.6) is 0 Å². The number of carbonyl (C=O) groups excluding carboxylic acids is 1. The smallest absolute Gasteiger partial charge is 0.248 e. The van der Waals surface area contributed by atoms with Crippen molar-refractivity contribution in [2.75, 3.05) is 13.7 Å². The summed E-state index contributed by atoms with van der Waals surface area (Å²) in [5, 5.41) is 8.51. The van der Waals surface area contributed by atoms with Gasteiger partial charge in [-0.3, -0.25) is 4.79 Å². The first-order chi connectivity index (χ1) is 6.78. The van der Waals surface area contributed by atoms with E-state index in [1.54, 1.807) is 11.9 Å². The molecule has 1 amide bonds. The van der Waals surface area contributed by atoms with E-state index in [0.29, 0.717) is 6.42 Å². The van der Waals surface area contributed by atoms with E-state index in [-0.39, 0.29) is 24.2 Å². The number of carbonyl (C=O) groups is 1. The quantitative estimate of drug-likeness (QED) is 0.710. The van der Waals surface area contributed by atoms with E-state index in [9.17, 15) is 4.79 Å². The Hall–Kier alpha value is -1.08. The van der Waals surface area contributed by atoms with Crippen LogP contribution in [0.1, 0.15) is 34.1 Å². The number of ether oxygens (including phenoxy) is 1. The predicted molar refractivity (Wildman–Crippen MR) is 58.2 cm³/mol. The Balaban J connectivity index is 4.06. The first kappa shape index (κ1) is 13.9. The number of nitriles is 1. The zero-order valence-electron chi connectivity index (χ0n) is 10.2. The summed E-state index contributed by atoms with van der Waals surface area (Å²) < 4.78 is 5.37. The molecule has 0 aliphatic carbocycles. The molecule has 0 N–H and O–H groups in total. The maximum atomic E-state index is 11.6. The van der Waals surface area contributed by atoms with Crippen molar-refractivity contribution in [2.45, 2.75) is 45.8 Å². The van der Waals surface area contributed by atoms with Gasteiger partial charge in [0.2, 0.25) is 5.91 Å². The van der Waals surface area contributed by atoms with Crippen LogP contribution >= 0.6 is 0 Å². The van der Waals surface area contributed by atoms with Crippen LogP contribution in [0.4, 0.5) is 0 Å². The summed E-state index contributed by atoms with van der Waals surface area (Å²) in [4.78, 5) is 13.1. The molecule has 0 spiro atoms. The molecule has 0 saturated heterocycles. The van der Waals surface area contributed by atoms with E-state index in [1.807, 2.05) is 33.8 Å². The summed E-state index contributed by atoms with van der Waals surface area (Å²) in [6.45, 7) is 7.62. The van der Waals surface area contributed by atoms with Gasteiger partial charge in [0.15, 0.2) is 0 Å². The van der Waals surface area contributed by atoms with Gasteiger partial charge in [0, 0.05) is 13.1 Å². The highest BCUT2D eigenvalue weighted by molar-refractivity contribution is 5.77. The molecule has 0 aromatic carbocycles. The van der Waals surface area contributed by atoms with Gasteiger partial charge in [-0.15, -0.1) is 0 Å². The molecule has 0 aromatic heterocycles. The third-order valence-corrected chi connectivity index (χ3v) is 2.07. The fraction of sp³-hybridized carbons (Fsp3) is 0.818. The summed E-state index contributed by atoms with van der Waals surface area (Å²) >= 11 is 0. The lowest BCUT2D eigenvalue weighted by Crippen LogP contribution is -2.39. The number of hydrogen-bond acceptors (Lipinski definition) is 3. The average Bonchev–Trinajstić information content (AvgIpc) is 2.12. The van der Waals surface area contributed by atoms with Gasteiger partial charge in [0.25, 0.3) is 0 Å². The number of nitrogens with zero attached hydrogens (tertiary/aromatic N) is 2. The van der Waals surface area contributed by atoms with Crippen molar-refractivity contribution >= 4 is 5.91 Å². The number of likely N-dealkylation sites (N-methyl/N-ethyl adjacent to an activating group) is 1. The standard InChI is InChI=1S/C11H20N2O2/c1-9(6-7-12)13(5)10(14)8-15-11(2,3)4/h9H,6,8H2,1-5H3. The molecule has 1 unspecified atom stereocenters. The van der Waals surface area contributed by atoms with Crippen LogP contribution in [0.15, 0.2) is 0 Å². The molecule has 4 nitrogen and oxygen atoms in total. The molecule has 0 saturated carbocycles. The Morgan fingerprint density at radius 2 is 2.07 bits per heavy atom. The van der Waals surface area contributed by atoms with E-state index < -0.39 is 0 Å². The van der Waals surface area contributed by atoms with Crippen LogP contribution in [0.25, 0.3) is 0 Å². The lowest BCUT2D eigenvalue weighted by Gasteiger charge is -2.25. The van der Waals surface area contributed by atoms with E-state index in [4.69, 9.17) is 10.00 Å². The first-order valence-electron chi connectivity index (χ1n) is 5.04. The van der Waals surface area contributed by atoms with E-state index in [2.05, 4.69) is 0 Å². The molecule has 1 atom stereocenters. The second-order valence-corrected chi connectivity index (χ2v) is 4.62. The Labute approximate surface area is 91.8 Å². The van der Waals surface area contributed by atoms with Gasteiger partial charge in [-0.1, -0.05) is 0 Å². The number of amides is 1. The minimum Gasteiger partial charge on any atom is -0.366 e. The van der Waals surface area contributed by atoms with Crippen molar-refractivity contribution in [3.63, 3.8) is 0 Å². The SMILES string of the molecule is CC(CC#N)N(C)C(=O)COC(C)(C)C. The van der Waals surface area contributed by atoms with E-state index >= 15 is 0 Å². The molecule has 0 aliphatic heterocycles. The van der Waals surface area contributed by atoms with Crippen molar-refractivity contribution in [3.8, 4) is 6.07 Å². The van der Waals surface area contributed by atoms with Crippen LogP contribution in [0.2, 0.25) is 0 Å². The van der Waals surface area contributed by atoms with Crippen LogP contribution in [0, 0.1) is 11.3 Å². The summed E-state index contributed by atoms with van der Waals surface area (Å²) in [5.41, 5.74) is -0.311. The van der Waals surface area contributed by atoms with Crippen molar-refractivity contribution < 1.29 is 9.53 Å². The monoisotopic (exact) mass is 212 g/mol. The van der Waals surface area contributed by atoms with Gasteiger partial charge in [0.1, 0.15) is 6.61 Å². The van der Waals surface area contributed by atoms with Crippen molar-refractivity contribution in [3.05, 3.63) is 0 Å². The topological polar surface area (TPSA) is 53.3 Å². The first-order valence-corrected chi connectivity index (χ1v) is 5.04. The van der Waals surface area contributed by atoms with Gasteiger partial charge in [-0.05, 0) is 27.7 Å². The van der Waals surface area contributed by atoms with Crippen LogP contribution in [-0.2, 0) is 9.53 Å². The molecule has 0 heterocycles. The molecule has 0 fully saturated rings. The van der Waals surface area contributed by atoms with Crippen LogP contribution < -0.4 is 0 Å². The normalized spacial score (nSPS) is 13.1. The van der Waals surface area contributed by atoms with Gasteiger partial charge < -0.3 is 9.64 Å². The summed E-state index contributed by atoms with van der Waals surface area (Å²) in [6, 6.07) is 1.98. The minimum atomic E-state index is -0.311. The molecular weight excluding hydrogens is 192 g/mol. The Morgan fingerprint density at radius 3 is 2.47 bits per heavy atom. The highest BCUT2D eigenvalue weighted by Crippen LogP contribution is 2.08. The maximum Gasteiger partial charge on any atom is 0.248 e. The Kier molecular flexibility index (Phi) is 5.31. The van der Waals surface area contributed by atoms with Crippen LogP contribution in [-0.4, -0.2) is 36.1 Å². The molecule has 0 bridgehead atoms. The second-order valence-electron chi connectivity index (χ2n) is 4.62. The van der Waals surface area contributed by atoms with E-state index in [1.165, 1.54) is 0 Å². The molecule has 15 heavy (non-hydrogen) atoms. The highest BCUT2D eigenvalue weighted by Gasteiger charge is 2.18. The molecule has 4 heteroatoms. The Morgan fingerprint density at radius 1 is 1.53 bits per heavy atom. The predicted octanol–water partition coefficient (Wildman–Crippen LogP) is 1.56.